The first-order valence-corrected chi connectivity index (χ1v) is 11.0. The van der Waals surface area contributed by atoms with E-state index in [1.54, 1.807) is 12.1 Å². The van der Waals surface area contributed by atoms with Gasteiger partial charge in [0.25, 0.3) is 0 Å². The molecule has 0 radical (unpaired) electrons. The summed E-state index contributed by atoms with van der Waals surface area (Å²) in [5, 5.41) is 3.02. The lowest BCUT2D eigenvalue weighted by Crippen LogP contribution is -2.55. The van der Waals surface area contributed by atoms with Crippen molar-refractivity contribution in [2.45, 2.75) is 56.5 Å². The van der Waals surface area contributed by atoms with Gasteiger partial charge in [-0.2, -0.15) is 4.31 Å². The van der Waals surface area contributed by atoms with Crippen molar-refractivity contribution in [3.8, 4) is 0 Å². The van der Waals surface area contributed by atoms with Crippen LogP contribution in [-0.2, 0) is 21.2 Å². The summed E-state index contributed by atoms with van der Waals surface area (Å²) < 4.78 is 27.2. The van der Waals surface area contributed by atoms with Crippen molar-refractivity contribution in [2.24, 2.45) is 0 Å². The Morgan fingerprint density at radius 1 is 1.15 bits per heavy atom. The van der Waals surface area contributed by atoms with Crippen molar-refractivity contribution in [1.29, 1.82) is 0 Å². The zero-order chi connectivity index (χ0) is 18.7. The molecule has 2 aliphatic rings. The highest BCUT2D eigenvalue weighted by molar-refractivity contribution is 7.89. The minimum atomic E-state index is -3.47. The molecule has 1 aliphatic carbocycles. The first kappa shape index (κ1) is 19.3. The molecule has 1 aromatic carbocycles. The van der Waals surface area contributed by atoms with Gasteiger partial charge in [0.1, 0.15) is 0 Å². The molecule has 1 saturated carbocycles. The van der Waals surface area contributed by atoms with Crippen LogP contribution in [0.15, 0.2) is 29.2 Å². The minimum absolute atomic E-state index is 0.0512. The lowest BCUT2D eigenvalue weighted by molar-refractivity contribution is -0.126. The van der Waals surface area contributed by atoms with Crippen LogP contribution >= 0.6 is 0 Å². The van der Waals surface area contributed by atoms with Gasteiger partial charge >= 0.3 is 0 Å². The summed E-state index contributed by atoms with van der Waals surface area (Å²) in [4.78, 5) is 14.6. The number of amides is 1. The van der Waals surface area contributed by atoms with E-state index >= 15 is 0 Å². The molecule has 1 amide bonds. The average Bonchev–Trinajstić information content (AvgIpc) is 3.46. The first-order chi connectivity index (χ1) is 12.4. The van der Waals surface area contributed by atoms with Crippen LogP contribution in [-0.4, -0.2) is 61.8 Å². The monoisotopic (exact) mass is 379 g/mol. The maximum Gasteiger partial charge on any atom is 0.243 e. The van der Waals surface area contributed by atoms with Gasteiger partial charge in [-0.25, -0.2) is 8.42 Å². The quantitative estimate of drug-likeness (QED) is 0.781. The number of benzene rings is 1. The third kappa shape index (κ3) is 4.45. The lowest BCUT2D eigenvalue weighted by Gasteiger charge is -2.36. The van der Waals surface area contributed by atoms with Crippen molar-refractivity contribution in [2.75, 3.05) is 26.2 Å². The summed E-state index contributed by atoms with van der Waals surface area (Å²) in [5.41, 5.74) is 1.16. The van der Waals surface area contributed by atoms with Gasteiger partial charge in [0.15, 0.2) is 0 Å². The summed E-state index contributed by atoms with van der Waals surface area (Å²) in [6.45, 7) is 5.99. The number of piperazine rings is 1. The van der Waals surface area contributed by atoms with E-state index in [0.717, 1.165) is 31.2 Å². The highest BCUT2D eigenvalue weighted by atomic mass is 32.2. The van der Waals surface area contributed by atoms with E-state index in [1.807, 2.05) is 19.1 Å². The van der Waals surface area contributed by atoms with Gasteiger partial charge in [-0.1, -0.05) is 25.5 Å². The van der Waals surface area contributed by atoms with Gasteiger partial charge in [0, 0.05) is 32.2 Å². The zero-order valence-electron chi connectivity index (χ0n) is 15.6. The standard InChI is InChI=1S/C19H29N3O3S/c1-3-4-16-5-9-18(10-6-16)26(24,25)22-13-11-21(12-14-22)15(2)19(23)20-17-7-8-17/h5-6,9-10,15,17H,3-4,7-8,11-14H2,1-2H3,(H,20,23)/t15-/m1/s1. The van der Waals surface area contributed by atoms with Crippen molar-refractivity contribution in [3.63, 3.8) is 0 Å². The Bertz CT molecular complexity index is 721. The van der Waals surface area contributed by atoms with Crippen LogP contribution < -0.4 is 5.32 Å². The number of rotatable bonds is 7. The maximum atomic E-state index is 12.8. The van der Waals surface area contributed by atoms with Gasteiger partial charge in [0.2, 0.25) is 15.9 Å². The highest BCUT2D eigenvalue weighted by Gasteiger charge is 2.33. The van der Waals surface area contributed by atoms with Gasteiger partial charge in [-0.3, -0.25) is 9.69 Å². The smallest absolute Gasteiger partial charge is 0.243 e. The SMILES string of the molecule is CCCc1ccc(S(=O)(=O)N2CCN([C@H](C)C(=O)NC3CC3)CC2)cc1. The number of hydrogen-bond acceptors (Lipinski definition) is 4. The molecule has 1 N–H and O–H groups in total. The first-order valence-electron chi connectivity index (χ1n) is 9.55. The molecular formula is C19H29N3O3S. The Kier molecular flexibility index (Phi) is 5.99. The largest absolute Gasteiger partial charge is 0.352 e. The third-order valence-corrected chi connectivity index (χ3v) is 7.14. The number of carbonyl (C=O) groups excluding carboxylic acids is 1. The molecule has 1 heterocycles. The second-order valence-electron chi connectivity index (χ2n) is 7.29. The van der Waals surface area contributed by atoms with Crippen LogP contribution in [0.4, 0.5) is 0 Å². The highest BCUT2D eigenvalue weighted by Crippen LogP contribution is 2.21. The van der Waals surface area contributed by atoms with Crippen molar-refractivity contribution < 1.29 is 13.2 Å². The average molecular weight is 380 g/mol. The molecule has 1 atom stereocenters. The molecular weight excluding hydrogens is 350 g/mol. The van der Waals surface area contributed by atoms with Crippen LogP contribution in [0.5, 0.6) is 0 Å². The van der Waals surface area contributed by atoms with Crippen molar-refractivity contribution in [3.05, 3.63) is 29.8 Å². The molecule has 2 fully saturated rings. The summed E-state index contributed by atoms with van der Waals surface area (Å²) in [6, 6.07) is 7.35. The van der Waals surface area contributed by atoms with Gasteiger partial charge < -0.3 is 5.32 Å². The molecule has 0 aromatic heterocycles. The van der Waals surface area contributed by atoms with Crippen molar-refractivity contribution in [1.82, 2.24) is 14.5 Å². The van der Waals surface area contributed by atoms with Crippen LogP contribution in [0.2, 0.25) is 0 Å². The van der Waals surface area contributed by atoms with E-state index in [2.05, 4.69) is 17.1 Å². The van der Waals surface area contributed by atoms with E-state index in [9.17, 15) is 13.2 Å². The summed E-state index contributed by atoms with van der Waals surface area (Å²) in [7, 11) is -3.47. The molecule has 26 heavy (non-hydrogen) atoms. The van der Waals surface area contributed by atoms with E-state index in [-0.39, 0.29) is 11.9 Å². The number of nitrogens with one attached hydrogen (secondary N) is 1. The topological polar surface area (TPSA) is 69.7 Å². The molecule has 6 nitrogen and oxygen atoms in total. The molecule has 7 heteroatoms. The van der Waals surface area contributed by atoms with Crippen LogP contribution in [0.25, 0.3) is 0 Å². The zero-order valence-corrected chi connectivity index (χ0v) is 16.5. The van der Waals surface area contributed by atoms with Crippen LogP contribution in [0.3, 0.4) is 0 Å². The molecule has 3 rings (SSSR count). The predicted octanol–water partition coefficient (Wildman–Crippen LogP) is 1.61. The second kappa shape index (κ2) is 8.06. The Hall–Kier alpha value is -1.44. The van der Waals surface area contributed by atoms with Crippen molar-refractivity contribution >= 4 is 15.9 Å². The molecule has 0 unspecified atom stereocenters. The fourth-order valence-corrected chi connectivity index (χ4v) is 4.73. The van der Waals surface area contributed by atoms with Crippen LogP contribution in [0, 0.1) is 0 Å². The summed E-state index contributed by atoms with van der Waals surface area (Å²) in [6.07, 6.45) is 4.14. The molecule has 144 valence electrons. The molecule has 0 bridgehead atoms. The maximum absolute atomic E-state index is 12.8. The second-order valence-corrected chi connectivity index (χ2v) is 9.23. The van der Waals surface area contributed by atoms with Gasteiger partial charge in [0.05, 0.1) is 10.9 Å². The Morgan fingerprint density at radius 2 is 1.77 bits per heavy atom. The fourth-order valence-electron chi connectivity index (χ4n) is 3.31. The van der Waals surface area contributed by atoms with E-state index < -0.39 is 10.0 Å². The minimum Gasteiger partial charge on any atom is -0.352 e. The number of carbonyl (C=O) groups is 1. The van der Waals surface area contributed by atoms with E-state index in [1.165, 1.54) is 4.31 Å². The van der Waals surface area contributed by atoms with E-state index in [4.69, 9.17) is 0 Å². The number of hydrogen-bond donors (Lipinski definition) is 1. The van der Waals surface area contributed by atoms with E-state index in [0.29, 0.717) is 37.1 Å². The predicted molar refractivity (Wildman–Crippen MR) is 101 cm³/mol. The summed E-state index contributed by atoms with van der Waals surface area (Å²) in [5.74, 6) is 0.0512. The molecule has 1 aliphatic heterocycles. The number of sulfonamides is 1. The Morgan fingerprint density at radius 3 is 2.31 bits per heavy atom. The van der Waals surface area contributed by atoms with Gasteiger partial charge in [-0.15, -0.1) is 0 Å². The Labute approximate surface area is 156 Å². The molecule has 1 saturated heterocycles. The normalized spacial score (nSPS) is 20.7. The summed E-state index contributed by atoms with van der Waals surface area (Å²) >= 11 is 0. The Balaban J connectivity index is 1.58. The van der Waals surface area contributed by atoms with Crippen LogP contribution in [0.1, 0.15) is 38.7 Å². The van der Waals surface area contributed by atoms with Gasteiger partial charge in [-0.05, 0) is 43.9 Å². The number of aryl methyl sites for hydroxylation is 1. The molecule has 0 spiro atoms. The third-order valence-electron chi connectivity index (χ3n) is 5.22. The number of nitrogens with zero attached hydrogens (tertiary/aromatic N) is 2. The fraction of sp³-hybridized carbons (Fsp3) is 0.632. The molecule has 1 aromatic rings. The lowest BCUT2D eigenvalue weighted by atomic mass is 10.1.